The van der Waals surface area contributed by atoms with Gasteiger partial charge in [-0.05, 0) is 49.2 Å². The minimum Gasteiger partial charge on any atom is -0.321 e. The van der Waals surface area contributed by atoms with Gasteiger partial charge >= 0.3 is 0 Å². The smallest absolute Gasteiger partial charge is 0.266 e. The van der Waals surface area contributed by atoms with Crippen molar-refractivity contribution in [2.24, 2.45) is 7.05 Å². The standard InChI is InChI=1S/C21H19N5O/c1-14-4-5-15(2)19(10-14)24-21(27)17(12-22)11-18-13-26(3)25-20(18)16-6-8-23-9-7-16/h4-11,13H,1-3H3,(H,24,27)/b17-11-. The summed E-state index contributed by atoms with van der Waals surface area (Å²) in [6.07, 6.45) is 6.69. The number of hydrogen-bond acceptors (Lipinski definition) is 4. The van der Waals surface area contributed by atoms with Gasteiger partial charge in [0.05, 0.1) is 5.69 Å². The number of rotatable bonds is 4. The number of nitrogens with one attached hydrogen (secondary N) is 1. The number of aryl methyl sites for hydroxylation is 3. The highest BCUT2D eigenvalue weighted by atomic mass is 16.1. The average molecular weight is 357 g/mol. The summed E-state index contributed by atoms with van der Waals surface area (Å²) in [6.45, 7) is 3.86. The lowest BCUT2D eigenvalue weighted by molar-refractivity contribution is -0.112. The molecule has 0 saturated carbocycles. The van der Waals surface area contributed by atoms with Crippen LogP contribution in [-0.4, -0.2) is 20.7 Å². The number of benzene rings is 1. The summed E-state index contributed by atoms with van der Waals surface area (Å²) in [6, 6.07) is 11.5. The van der Waals surface area contributed by atoms with Crippen LogP contribution in [0.3, 0.4) is 0 Å². The molecule has 6 nitrogen and oxygen atoms in total. The SMILES string of the molecule is Cc1ccc(C)c(NC(=O)/C(C#N)=C\c2cn(C)nc2-c2ccncc2)c1. The normalized spacial score (nSPS) is 11.1. The molecule has 2 aromatic heterocycles. The number of aromatic nitrogens is 3. The highest BCUT2D eigenvalue weighted by molar-refractivity contribution is 6.10. The van der Waals surface area contributed by atoms with Crippen molar-refractivity contribution in [1.82, 2.24) is 14.8 Å². The molecule has 0 atom stereocenters. The van der Waals surface area contributed by atoms with Crippen LogP contribution in [0.1, 0.15) is 16.7 Å². The largest absolute Gasteiger partial charge is 0.321 e. The maximum atomic E-state index is 12.6. The molecule has 3 rings (SSSR count). The highest BCUT2D eigenvalue weighted by Crippen LogP contribution is 2.24. The van der Waals surface area contributed by atoms with Crippen molar-refractivity contribution >= 4 is 17.7 Å². The van der Waals surface area contributed by atoms with Crippen LogP contribution in [0.4, 0.5) is 5.69 Å². The molecule has 0 bridgehead atoms. The van der Waals surface area contributed by atoms with Crippen LogP contribution in [0.25, 0.3) is 17.3 Å². The van der Waals surface area contributed by atoms with E-state index < -0.39 is 5.91 Å². The number of anilines is 1. The molecule has 134 valence electrons. The lowest BCUT2D eigenvalue weighted by Crippen LogP contribution is -2.14. The molecule has 0 aliphatic rings. The van der Waals surface area contributed by atoms with Gasteiger partial charge in [-0.15, -0.1) is 0 Å². The lowest BCUT2D eigenvalue weighted by atomic mass is 10.1. The van der Waals surface area contributed by atoms with E-state index in [1.807, 2.05) is 50.2 Å². The van der Waals surface area contributed by atoms with Crippen molar-refractivity contribution in [2.75, 3.05) is 5.32 Å². The second-order valence-corrected chi connectivity index (χ2v) is 6.28. The maximum Gasteiger partial charge on any atom is 0.266 e. The monoisotopic (exact) mass is 357 g/mol. The van der Waals surface area contributed by atoms with Gasteiger partial charge in [-0.2, -0.15) is 10.4 Å². The number of carbonyl (C=O) groups excluding carboxylic acids is 1. The first-order valence-corrected chi connectivity index (χ1v) is 8.42. The Hall–Kier alpha value is -3.72. The molecule has 1 amide bonds. The molecule has 1 aromatic carbocycles. The molecule has 2 heterocycles. The fraction of sp³-hybridized carbons (Fsp3) is 0.143. The van der Waals surface area contributed by atoms with Gasteiger partial charge < -0.3 is 5.32 Å². The van der Waals surface area contributed by atoms with Crippen molar-refractivity contribution in [3.63, 3.8) is 0 Å². The number of carbonyl (C=O) groups is 1. The van der Waals surface area contributed by atoms with Gasteiger partial charge in [-0.1, -0.05) is 12.1 Å². The van der Waals surface area contributed by atoms with Crippen molar-refractivity contribution in [2.45, 2.75) is 13.8 Å². The van der Waals surface area contributed by atoms with Crippen molar-refractivity contribution in [3.05, 3.63) is 71.2 Å². The molecule has 0 saturated heterocycles. The van der Waals surface area contributed by atoms with E-state index in [0.717, 1.165) is 16.7 Å². The molecule has 6 heteroatoms. The average Bonchev–Trinajstić information content (AvgIpc) is 3.03. The Labute approximate surface area is 157 Å². The maximum absolute atomic E-state index is 12.6. The fourth-order valence-corrected chi connectivity index (χ4v) is 2.71. The summed E-state index contributed by atoms with van der Waals surface area (Å²) < 4.78 is 1.65. The number of nitrogens with zero attached hydrogens (tertiary/aromatic N) is 4. The zero-order chi connectivity index (χ0) is 19.4. The zero-order valence-corrected chi connectivity index (χ0v) is 15.4. The summed E-state index contributed by atoms with van der Waals surface area (Å²) in [5.74, 6) is -0.448. The zero-order valence-electron chi connectivity index (χ0n) is 15.4. The van der Waals surface area contributed by atoms with Crippen LogP contribution < -0.4 is 5.32 Å². The van der Waals surface area contributed by atoms with Crippen LogP contribution in [0.15, 0.2) is 54.5 Å². The van der Waals surface area contributed by atoms with Crippen LogP contribution in [0.5, 0.6) is 0 Å². The third kappa shape index (κ3) is 4.10. The van der Waals surface area contributed by atoms with Crippen LogP contribution in [-0.2, 0) is 11.8 Å². The fourth-order valence-electron chi connectivity index (χ4n) is 2.71. The van der Waals surface area contributed by atoms with E-state index >= 15 is 0 Å². The molecule has 1 N–H and O–H groups in total. The van der Waals surface area contributed by atoms with Gasteiger partial charge in [0.2, 0.25) is 0 Å². The topological polar surface area (TPSA) is 83.6 Å². The van der Waals surface area contributed by atoms with Gasteiger partial charge in [0.15, 0.2) is 0 Å². The Bertz CT molecular complexity index is 1060. The Morgan fingerprint density at radius 3 is 2.67 bits per heavy atom. The minimum atomic E-state index is -0.448. The second-order valence-electron chi connectivity index (χ2n) is 6.28. The van der Waals surface area contributed by atoms with E-state index in [2.05, 4.69) is 15.4 Å². The first-order chi connectivity index (χ1) is 13.0. The molecule has 3 aromatic rings. The first-order valence-electron chi connectivity index (χ1n) is 8.42. The number of amides is 1. The molecule has 0 aliphatic heterocycles. The predicted octanol–water partition coefficient (Wildman–Crippen LogP) is 3.64. The predicted molar refractivity (Wildman–Crippen MR) is 105 cm³/mol. The molecule has 0 fully saturated rings. The van der Waals surface area contributed by atoms with E-state index in [1.54, 1.807) is 36.4 Å². The third-order valence-corrected chi connectivity index (χ3v) is 4.12. The van der Waals surface area contributed by atoms with Gasteiger partial charge in [-0.3, -0.25) is 14.5 Å². The molecular formula is C21H19N5O. The molecule has 0 spiro atoms. The Morgan fingerprint density at radius 1 is 1.22 bits per heavy atom. The third-order valence-electron chi connectivity index (χ3n) is 4.12. The summed E-state index contributed by atoms with van der Waals surface area (Å²) in [5, 5.41) is 16.8. The van der Waals surface area contributed by atoms with Crippen LogP contribution in [0, 0.1) is 25.2 Å². The van der Waals surface area contributed by atoms with Crippen molar-refractivity contribution in [3.8, 4) is 17.3 Å². The number of hydrogen-bond donors (Lipinski definition) is 1. The van der Waals surface area contributed by atoms with E-state index in [1.165, 1.54) is 0 Å². The number of pyridine rings is 1. The molecule has 0 radical (unpaired) electrons. The van der Waals surface area contributed by atoms with Gasteiger partial charge in [0, 0.05) is 42.5 Å². The quantitative estimate of drug-likeness (QED) is 0.571. The van der Waals surface area contributed by atoms with E-state index in [0.29, 0.717) is 16.9 Å². The Balaban J connectivity index is 1.94. The number of nitriles is 1. The van der Waals surface area contributed by atoms with Gasteiger partial charge in [0.25, 0.3) is 5.91 Å². The van der Waals surface area contributed by atoms with E-state index in [9.17, 15) is 10.1 Å². The molecule has 27 heavy (non-hydrogen) atoms. The van der Waals surface area contributed by atoms with Crippen LogP contribution >= 0.6 is 0 Å². The summed E-state index contributed by atoms with van der Waals surface area (Å²) in [7, 11) is 1.80. The lowest BCUT2D eigenvalue weighted by Gasteiger charge is -2.08. The van der Waals surface area contributed by atoms with Gasteiger partial charge in [-0.25, -0.2) is 0 Å². The first kappa shape index (κ1) is 18.1. The molecule has 0 aliphatic carbocycles. The highest BCUT2D eigenvalue weighted by Gasteiger charge is 2.14. The minimum absolute atomic E-state index is 0.0132. The Kier molecular flexibility index (Phi) is 5.13. The summed E-state index contributed by atoms with van der Waals surface area (Å²) >= 11 is 0. The van der Waals surface area contributed by atoms with Crippen molar-refractivity contribution < 1.29 is 4.79 Å². The molecule has 0 unspecified atom stereocenters. The van der Waals surface area contributed by atoms with Crippen molar-refractivity contribution in [1.29, 1.82) is 5.26 Å². The molecular weight excluding hydrogens is 338 g/mol. The van der Waals surface area contributed by atoms with Crippen LogP contribution in [0.2, 0.25) is 0 Å². The van der Waals surface area contributed by atoms with Gasteiger partial charge in [0.1, 0.15) is 11.6 Å². The van der Waals surface area contributed by atoms with E-state index in [-0.39, 0.29) is 5.57 Å². The second kappa shape index (κ2) is 7.67. The Morgan fingerprint density at radius 2 is 1.96 bits per heavy atom. The summed E-state index contributed by atoms with van der Waals surface area (Å²) in [5.41, 5.74) is 4.92. The van der Waals surface area contributed by atoms with E-state index in [4.69, 9.17) is 0 Å². The summed E-state index contributed by atoms with van der Waals surface area (Å²) in [4.78, 5) is 16.6.